The van der Waals surface area contributed by atoms with Crippen LogP contribution in [-0.2, 0) is 6.18 Å². The zero-order chi connectivity index (χ0) is 19.7. The molecule has 3 heterocycles. The number of benzene rings is 1. The summed E-state index contributed by atoms with van der Waals surface area (Å²) in [7, 11) is 0. The van der Waals surface area contributed by atoms with Crippen LogP contribution in [0, 0.1) is 6.92 Å². The van der Waals surface area contributed by atoms with Gasteiger partial charge in [0.25, 0.3) is 0 Å². The van der Waals surface area contributed by atoms with Gasteiger partial charge in [-0.15, -0.1) is 11.3 Å². The van der Waals surface area contributed by atoms with Gasteiger partial charge in [0, 0.05) is 10.9 Å². The van der Waals surface area contributed by atoms with Crippen molar-refractivity contribution in [3.05, 3.63) is 76.8 Å². The first kappa shape index (κ1) is 18.2. The van der Waals surface area contributed by atoms with Crippen molar-refractivity contribution in [1.82, 2.24) is 14.8 Å². The second kappa shape index (κ2) is 7.12. The molecule has 0 amide bonds. The molecule has 0 fully saturated rings. The molecule has 142 valence electrons. The lowest BCUT2D eigenvalue weighted by Crippen LogP contribution is -2.13. The van der Waals surface area contributed by atoms with Crippen molar-refractivity contribution in [3.63, 3.8) is 0 Å². The molecule has 0 radical (unpaired) electrons. The number of hydrogen-bond acceptors (Lipinski definition) is 4. The fourth-order valence-corrected chi connectivity index (χ4v) is 3.40. The third-order valence-corrected chi connectivity index (χ3v) is 4.82. The smallest absolute Gasteiger partial charge is 0.433 e. The SMILES string of the molecule is Cc1ccc(-c2csc(-n3nc(/C=C\c4ccco4)cc3C(F)(F)F)n2)cc1. The number of hydrogen-bond donors (Lipinski definition) is 0. The molecular formula is C20H14F3N3OS. The van der Waals surface area contributed by atoms with Gasteiger partial charge in [0.15, 0.2) is 5.69 Å². The maximum atomic E-state index is 13.5. The average molecular weight is 401 g/mol. The fraction of sp³-hybridized carbons (Fsp3) is 0.100. The average Bonchev–Trinajstić information content (AvgIpc) is 3.39. The van der Waals surface area contributed by atoms with Gasteiger partial charge in [-0.1, -0.05) is 29.8 Å². The number of halogens is 3. The van der Waals surface area contributed by atoms with Crippen LogP contribution in [0.1, 0.15) is 22.7 Å². The van der Waals surface area contributed by atoms with Crippen molar-refractivity contribution in [3.8, 4) is 16.4 Å². The van der Waals surface area contributed by atoms with E-state index in [1.807, 2.05) is 31.2 Å². The highest BCUT2D eigenvalue weighted by atomic mass is 32.1. The molecule has 4 nitrogen and oxygen atoms in total. The van der Waals surface area contributed by atoms with Crippen molar-refractivity contribution >= 4 is 23.5 Å². The molecule has 0 saturated heterocycles. The molecule has 4 rings (SSSR count). The Morgan fingerprint density at radius 2 is 1.89 bits per heavy atom. The lowest BCUT2D eigenvalue weighted by Gasteiger charge is -2.07. The van der Waals surface area contributed by atoms with Crippen LogP contribution in [-0.4, -0.2) is 14.8 Å². The van der Waals surface area contributed by atoms with E-state index in [1.54, 1.807) is 23.6 Å². The van der Waals surface area contributed by atoms with Gasteiger partial charge >= 0.3 is 6.18 Å². The van der Waals surface area contributed by atoms with Gasteiger partial charge in [0.05, 0.1) is 17.7 Å². The van der Waals surface area contributed by atoms with Crippen LogP contribution in [0.5, 0.6) is 0 Å². The van der Waals surface area contributed by atoms with Crippen LogP contribution in [0.3, 0.4) is 0 Å². The molecule has 0 aliphatic heterocycles. The molecule has 3 aromatic heterocycles. The topological polar surface area (TPSA) is 43.9 Å². The van der Waals surface area contributed by atoms with Crippen LogP contribution < -0.4 is 0 Å². The van der Waals surface area contributed by atoms with Crippen LogP contribution in [0.4, 0.5) is 13.2 Å². The minimum Gasteiger partial charge on any atom is -0.465 e. The molecule has 0 atom stereocenters. The summed E-state index contributed by atoms with van der Waals surface area (Å²) in [5.74, 6) is 0.527. The molecule has 0 bridgehead atoms. The number of furan rings is 1. The first-order valence-corrected chi connectivity index (χ1v) is 9.20. The number of rotatable bonds is 4. The maximum absolute atomic E-state index is 13.5. The van der Waals surface area contributed by atoms with Crippen LogP contribution in [0.25, 0.3) is 28.5 Å². The molecule has 0 saturated carbocycles. The van der Waals surface area contributed by atoms with Crippen LogP contribution >= 0.6 is 11.3 Å². The number of nitrogens with zero attached hydrogens (tertiary/aromatic N) is 3. The number of alkyl halides is 3. The van der Waals surface area contributed by atoms with E-state index in [1.165, 1.54) is 12.3 Å². The van der Waals surface area contributed by atoms with Gasteiger partial charge in [-0.3, -0.25) is 0 Å². The third-order valence-electron chi connectivity index (χ3n) is 4.00. The van der Waals surface area contributed by atoms with Crippen LogP contribution in [0.15, 0.2) is 58.5 Å². The molecule has 0 aliphatic rings. The van der Waals surface area contributed by atoms with E-state index in [-0.39, 0.29) is 10.8 Å². The molecule has 0 N–H and O–H groups in total. The molecule has 0 spiro atoms. The fourth-order valence-electron chi connectivity index (χ4n) is 2.60. The van der Waals surface area contributed by atoms with E-state index in [9.17, 15) is 13.2 Å². The molecular weight excluding hydrogens is 387 g/mol. The van der Waals surface area contributed by atoms with Gasteiger partial charge in [-0.2, -0.15) is 18.3 Å². The molecule has 1 aromatic carbocycles. The van der Waals surface area contributed by atoms with E-state index >= 15 is 0 Å². The van der Waals surface area contributed by atoms with Crippen molar-refractivity contribution in [2.24, 2.45) is 0 Å². The molecule has 8 heteroatoms. The Balaban J connectivity index is 1.71. The lowest BCUT2D eigenvalue weighted by molar-refractivity contribution is -0.142. The highest BCUT2D eigenvalue weighted by Crippen LogP contribution is 2.33. The molecule has 0 unspecified atom stereocenters. The summed E-state index contributed by atoms with van der Waals surface area (Å²) in [6.45, 7) is 1.97. The summed E-state index contributed by atoms with van der Waals surface area (Å²) in [4.78, 5) is 4.35. The van der Waals surface area contributed by atoms with E-state index in [0.29, 0.717) is 11.5 Å². The lowest BCUT2D eigenvalue weighted by atomic mass is 10.1. The molecule has 0 aliphatic carbocycles. The van der Waals surface area contributed by atoms with Crippen LogP contribution in [0.2, 0.25) is 0 Å². The van der Waals surface area contributed by atoms with Gasteiger partial charge in [0.2, 0.25) is 5.13 Å². The Kier molecular flexibility index (Phi) is 4.64. The molecule has 4 aromatic rings. The van der Waals surface area contributed by atoms with Gasteiger partial charge in [-0.25, -0.2) is 9.67 Å². The van der Waals surface area contributed by atoms with Gasteiger partial charge in [0.1, 0.15) is 5.76 Å². The number of aromatic nitrogens is 3. The second-order valence-corrected chi connectivity index (χ2v) is 6.93. The van der Waals surface area contributed by atoms with E-state index in [2.05, 4.69) is 10.1 Å². The minimum atomic E-state index is -4.56. The minimum absolute atomic E-state index is 0.153. The van der Waals surface area contributed by atoms with Gasteiger partial charge < -0.3 is 4.42 Å². The Morgan fingerprint density at radius 3 is 2.57 bits per heavy atom. The summed E-state index contributed by atoms with van der Waals surface area (Å²) < 4.78 is 46.5. The third kappa shape index (κ3) is 3.77. The molecule has 28 heavy (non-hydrogen) atoms. The summed E-state index contributed by atoms with van der Waals surface area (Å²) in [5.41, 5.74) is 1.83. The Morgan fingerprint density at radius 1 is 1.11 bits per heavy atom. The largest absolute Gasteiger partial charge is 0.465 e. The normalized spacial score (nSPS) is 12.1. The number of aryl methyl sites for hydroxylation is 1. The maximum Gasteiger partial charge on any atom is 0.433 e. The highest BCUT2D eigenvalue weighted by Gasteiger charge is 2.36. The summed E-state index contributed by atoms with van der Waals surface area (Å²) in [5, 5.41) is 5.96. The quantitative estimate of drug-likeness (QED) is 0.416. The van der Waals surface area contributed by atoms with E-state index in [0.717, 1.165) is 33.2 Å². The van der Waals surface area contributed by atoms with Crippen molar-refractivity contribution in [2.45, 2.75) is 13.1 Å². The van der Waals surface area contributed by atoms with Crippen molar-refractivity contribution in [2.75, 3.05) is 0 Å². The summed E-state index contributed by atoms with van der Waals surface area (Å²) in [6, 6.07) is 12.0. The second-order valence-electron chi connectivity index (χ2n) is 6.09. The summed E-state index contributed by atoms with van der Waals surface area (Å²) >= 11 is 1.11. The summed E-state index contributed by atoms with van der Waals surface area (Å²) in [6.07, 6.45) is -0.0352. The zero-order valence-electron chi connectivity index (χ0n) is 14.6. The predicted molar refractivity (Wildman–Crippen MR) is 102 cm³/mol. The standard InChI is InChI=1S/C20H14F3N3OS/c1-13-4-6-14(7-5-13)17-12-28-19(24-17)26-18(20(21,22)23)11-15(25-26)8-9-16-3-2-10-27-16/h2-12H,1H3/b9-8-. The Bertz CT molecular complexity index is 1110. The predicted octanol–water partition coefficient (Wildman–Crippen LogP) is 6.09. The van der Waals surface area contributed by atoms with Gasteiger partial charge in [-0.05, 0) is 37.3 Å². The highest BCUT2D eigenvalue weighted by molar-refractivity contribution is 7.12. The first-order chi connectivity index (χ1) is 13.4. The van der Waals surface area contributed by atoms with Crippen molar-refractivity contribution < 1.29 is 17.6 Å². The van der Waals surface area contributed by atoms with E-state index < -0.39 is 11.9 Å². The Labute approximate surface area is 162 Å². The Hall–Kier alpha value is -3.13. The zero-order valence-corrected chi connectivity index (χ0v) is 15.5. The monoisotopic (exact) mass is 401 g/mol. The number of thiazole rings is 1. The first-order valence-electron chi connectivity index (χ1n) is 8.32. The van der Waals surface area contributed by atoms with Crippen molar-refractivity contribution in [1.29, 1.82) is 0 Å². The van der Waals surface area contributed by atoms with E-state index in [4.69, 9.17) is 4.42 Å².